The van der Waals surface area contributed by atoms with Gasteiger partial charge in [-0.2, -0.15) is 5.10 Å². The molecule has 6 heteroatoms. The van der Waals surface area contributed by atoms with Crippen molar-refractivity contribution in [1.29, 1.82) is 0 Å². The number of primary amides is 1. The molecule has 0 aliphatic rings. The Bertz CT molecular complexity index is 903. The van der Waals surface area contributed by atoms with Crippen molar-refractivity contribution < 1.29 is 9.59 Å². The number of hydrogen-bond acceptors (Lipinski definition) is 3. The van der Waals surface area contributed by atoms with Gasteiger partial charge in [-0.3, -0.25) is 9.59 Å². The van der Waals surface area contributed by atoms with Crippen molar-refractivity contribution in [2.24, 2.45) is 5.73 Å². The minimum Gasteiger partial charge on any atom is -0.364 e. The number of nitrogens with two attached hydrogens (primary N) is 1. The first-order valence-electron chi connectivity index (χ1n) is 8.42. The van der Waals surface area contributed by atoms with Gasteiger partial charge in [0.25, 0.3) is 5.91 Å². The van der Waals surface area contributed by atoms with E-state index in [4.69, 9.17) is 5.73 Å². The van der Waals surface area contributed by atoms with Crippen LogP contribution in [0.4, 0.5) is 5.69 Å². The highest BCUT2D eigenvalue weighted by molar-refractivity contribution is 5.93. The predicted molar refractivity (Wildman–Crippen MR) is 100 cm³/mol. The predicted octanol–water partition coefficient (Wildman–Crippen LogP) is 2.93. The van der Waals surface area contributed by atoms with Gasteiger partial charge in [0.1, 0.15) is 5.69 Å². The number of nitrogens with one attached hydrogen (secondary N) is 1. The summed E-state index contributed by atoms with van der Waals surface area (Å²) in [4.78, 5) is 23.5. The first-order valence-corrected chi connectivity index (χ1v) is 8.42. The first-order chi connectivity index (χ1) is 12.6. The number of benzene rings is 2. The molecule has 0 unspecified atom stereocenters. The standard InChI is InChI=1S/C20H20N4O2/c21-20(26)17-13-14-24(23-17)18-11-5-4-10-16(18)22-19(25)12-6-9-15-7-2-1-3-8-15/h1-5,7-8,10-11,13-14H,6,9,12H2,(H2,21,26)(H,22,25). The molecular weight excluding hydrogens is 328 g/mol. The van der Waals surface area contributed by atoms with Crippen LogP contribution >= 0.6 is 0 Å². The Labute approximate surface area is 151 Å². The summed E-state index contributed by atoms with van der Waals surface area (Å²) in [6.45, 7) is 0. The van der Waals surface area contributed by atoms with Crippen molar-refractivity contribution in [3.8, 4) is 5.69 Å². The maximum atomic E-state index is 12.3. The summed E-state index contributed by atoms with van der Waals surface area (Å²) in [5, 5.41) is 7.06. The molecule has 1 heterocycles. The lowest BCUT2D eigenvalue weighted by molar-refractivity contribution is -0.116. The van der Waals surface area contributed by atoms with Crippen molar-refractivity contribution in [1.82, 2.24) is 9.78 Å². The lowest BCUT2D eigenvalue weighted by atomic mass is 10.1. The Morgan fingerprint density at radius 1 is 1.00 bits per heavy atom. The molecule has 3 rings (SSSR count). The molecule has 3 aromatic rings. The van der Waals surface area contributed by atoms with Crippen LogP contribution in [0.15, 0.2) is 66.9 Å². The summed E-state index contributed by atoms with van der Waals surface area (Å²) in [7, 11) is 0. The van der Waals surface area contributed by atoms with Crippen molar-refractivity contribution in [2.45, 2.75) is 19.3 Å². The molecule has 6 nitrogen and oxygen atoms in total. The number of anilines is 1. The molecule has 0 aliphatic carbocycles. The molecule has 1 aromatic heterocycles. The molecular formula is C20H20N4O2. The molecule has 2 amide bonds. The van der Waals surface area contributed by atoms with Gasteiger partial charge in [0.05, 0.1) is 11.4 Å². The summed E-state index contributed by atoms with van der Waals surface area (Å²) in [5.41, 5.74) is 7.95. The largest absolute Gasteiger partial charge is 0.364 e. The summed E-state index contributed by atoms with van der Waals surface area (Å²) in [5.74, 6) is -0.651. The van der Waals surface area contributed by atoms with Gasteiger partial charge >= 0.3 is 0 Å². The molecule has 0 atom stereocenters. The molecule has 0 saturated heterocycles. The van der Waals surface area contributed by atoms with E-state index in [0.717, 1.165) is 12.8 Å². The van der Waals surface area contributed by atoms with Crippen LogP contribution < -0.4 is 11.1 Å². The third kappa shape index (κ3) is 4.36. The number of rotatable bonds is 7. The number of hydrogen-bond donors (Lipinski definition) is 2. The Kier molecular flexibility index (Phi) is 5.43. The molecule has 0 bridgehead atoms. The second-order valence-electron chi connectivity index (χ2n) is 5.91. The number of carbonyl (C=O) groups excluding carboxylic acids is 2. The van der Waals surface area contributed by atoms with Crippen LogP contribution in [0.5, 0.6) is 0 Å². The Balaban J connectivity index is 1.64. The average molecular weight is 348 g/mol. The van der Waals surface area contributed by atoms with E-state index in [1.165, 1.54) is 10.2 Å². The van der Waals surface area contributed by atoms with Crippen LogP contribution in [-0.2, 0) is 11.2 Å². The van der Waals surface area contributed by atoms with Crippen LogP contribution in [0.3, 0.4) is 0 Å². The molecule has 0 aliphatic heterocycles. The fourth-order valence-electron chi connectivity index (χ4n) is 2.68. The molecule has 2 aromatic carbocycles. The molecule has 132 valence electrons. The zero-order chi connectivity index (χ0) is 18.4. The Morgan fingerprint density at radius 2 is 1.73 bits per heavy atom. The topological polar surface area (TPSA) is 90.0 Å². The Morgan fingerprint density at radius 3 is 2.46 bits per heavy atom. The number of aryl methyl sites for hydroxylation is 1. The SMILES string of the molecule is NC(=O)c1ccn(-c2ccccc2NC(=O)CCCc2ccccc2)n1. The second-order valence-corrected chi connectivity index (χ2v) is 5.91. The lowest BCUT2D eigenvalue weighted by Gasteiger charge is -2.11. The molecule has 0 fully saturated rings. The second kappa shape index (κ2) is 8.11. The average Bonchev–Trinajstić information content (AvgIpc) is 3.13. The maximum absolute atomic E-state index is 12.3. The van der Waals surface area contributed by atoms with E-state index in [0.29, 0.717) is 17.8 Å². The van der Waals surface area contributed by atoms with E-state index >= 15 is 0 Å². The zero-order valence-electron chi connectivity index (χ0n) is 14.3. The highest BCUT2D eigenvalue weighted by atomic mass is 16.2. The zero-order valence-corrected chi connectivity index (χ0v) is 14.3. The van der Waals surface area contributed by atoms with E-state index < -0.39 is 5.91 Å². The lowest BCUT2D eigenvalue weighted by Crippen LogP contribution is -2.15. The Hall–Kier alpha value is -3.41. The van der Waals surface area contributed by atoms with Crippen LogP contribution in [0, 0.1) is 0 Å². The minimum absolute atomic E-state index is 0.0596. The van der Waals surface area contributed by atoms with Gasteiger partial charge in [0, 0.05) is 12.6 Å². The van der Waals surface area contributed by atoms with Gasteiger partial charge in [-0.1, -0.05) is 42.5 Å². The monoisotopic (exact) mass is 348 g/mol. The minimum atomic E-state index is -0.592. The van der Waals surface area contributed by atoms with E-state index in [1.807, 2.05) is 36.4 Å². The van der Waals surface area contributed by atoms with Crippen molar-refractivity contribution in [3.05, 3.63) is 78.1 Å². The number of nitrogens with zero attached hydrogens (tertiary/aromatic N) is 2. The van der Waals surface area contributed by atoms with Gasteiger partial charge in [-0.25, -0.2) is 4.68 Å². The molecule has 26 heavy (non-hydrogen) atoms. The number of carbonyl (C=O) groups is 2. The van der Waals surface area contributed by atoms with E-state index in [9.17, 15) is 9.59 Å². The number of aromatic nitrogens is 2. The summed E-state index contributed by atoms with van der Waals surface area (Å²) >= 11 is 0. The van der Waals surface area contributed by atoms with E-state index in [2.05, 4.69) is 22.5 Å². The molecule has 3 N–H and O–H groups in total. The third-order valence-corrected chi connectivity index (χ3v) is 3.98. The van der Waals surface area contributed by atoms with Gasteiger partial charge < -0.3 is 11.1 Å². The maximum Gasteiger partial charge on any atom is 0.269 e. The van der Waals surface area contributed by atoms with Crippen LogP contribution in [0.2, 0.25) is 0 Å². The molecule has 0 radical (unpaired) electrons. The van der Waals surface area contributed by atoms with Gasteiger partial charge in [0.15, 0.2) is 0 Å². The summed E-state index contributed by atoms with van der Waals surface area (Å²) < 4.78 is 1.53. The number of para-hydroxylation sites is 2. The van der Waals surface area contributed by atoms with Crippen LogP contribution in [-0.4, -0.2) is 21.6 Å². The fourth-order valence-corrected chi connectivity index (χ4v) is 2.68. The van der Waals surface area contributed by atoms with Crippen molar-refractivity contribution in [3.63, 3.8) is 0 Å². The van der Waals surface area contributed by atoms with Crippen molar-refractivity contribution >= 4 is 17.5 Å². The molecule has 0 saturated carbocycles. The van der Waals surface area contributed by atoms with Gasteiger partial charge in [-0.05, 0) is 36.6 Å². The van der Waals surface area contributed by atoms with Crippen LogP contribution in [0.1, 0.15) is 28.9 Å². The number of amides is 2. The summed E-state index contributed by atoms with van der Waals surface area (Å²) in [6, 6.07) is 18.9. The normalized spacial score (nSPS) is 10.5. The van der Waals surface area contributed by atoms with E-state index in [1.54, 1.807) is 18.3 Å². The van der Waals surface area contributed by atoms with Crippen molar-refractivity contribution in [2.75, 3.05) is 5.32 Å². The van der Waals surface area contributed by atoms with Crippen LogP contribution in [0.25, 0.3) is 5.69 Å². The van der Waals surface area contributed by atoms with E-state index in [-0.39, 0.29) is 11.6 Å². The fraction of sp³-hybridized carbons (Fsp3) is 0.150. The highest BCUT2D eigenvalue weighted by Crippen LogP contribution is 2.20. The highest BCUT2D eigenvalue weighted by Gasteiger charge is 2.11. The first kappa shape index (κ1) is 17.4. The smallest absolute Gasteiger partial charge is 0.269 e. The molecule has 0 spiro atoms. The summed E-state index contributed by atoms with van der Waals surface area (Å²) in [6.07, 6.45) is 3.69. The quantitative estimate of drug-likeness (QED) is 0.688. The van der Waals surface area contributed by atoms with Gasteiger partial charge in [-0.15, -0.1) is 0 Å². The van der Waals surface area contributed by atoms with Gasteiger partial charge in [0.2, 0.25) is 5.91 Å². The third-order valence-electron chi connectivity index (χ3n) is 3.98.